The molecule has 0 fully saturated rings. The number of nitrogens with one attached hydrogen (secondary N) is 3. The Morgan fingerprint density at radius 1 is 1.00 bits per heavy atom. The topological polar surface area (TPSA) is 79.8 Å². The second-order valence-corrected chi connectivity index (χ2v) is 5.70. The number of fused-ring (bicyclic) bond motifs is 1. The maximum atomic E-state index is 5.43. The number of rotatable bonds is 11. The standard InChI is InChI=1S/C19H29N5O2/c1-20-19(22-10-5-13-26-15-14-25-2)23-12-11-21-18-9-8-16-6-3-4-7-17(16)24-18/h3-4,6-9H,5,10-15H2,1-2H3,(H,21,24)(H2,20,22,23). The van der Waals surface area contributed by atoms with E-state index in [4.69, 9.17) is 9.47 Å². The molecule has 1 aromatic heterocycles. The number of hydrogen-bond donors (Lipinski definition) is 3. The number of para-hydroxylation sites is 1. The van der Waals surface area contributed by atoms with E-state index in [0.717, 1.165) is 48.7 Å². The van der Waals surface area contributed by atoms with E-state index in [1.54, 1.807) is 14.2 Å². The van der Waals surface area contributed by atoms with Crippen molar-refractivity contribution >= 4 is 22.7 Å². The van der Waals surface area contributed by atoms with Gasteiger partial charge in [0, 0.05) is 45.8 Å². The number of hydrogen-bond acceptors (Lipinski definition) is 5. The molecule has 0 radical (unpaired) electrons. The Bertz CT molecular complexity index is 678. The van der Waals surface area contributed by atoms with Crippen molar-refractivity contribution in [2.45, 2.75) is 6.42 Å². The van der Waals surface area contributed by atoms with Gasteiger partial charge in [0.2, 0.25) is 0 Å². The Hall–Kier alpha value is -2.38. The van der Waals surface area contributed by atoms with Crippen LogP contribution in [-0.4, -0.2) is 64.6 Å². The Morgan fingerprint density at radius 3 is 2.69 bits per heavy atom. The highest BCUT2D eigenvalue weighted by atomic mass is 16.5. The summed E-state index contributed by atoms with van der Waals surface area (Å²) in [6.07, 6.45) is 0.920. The van der Waals surface area contributed by atoms with Gasteiger partial charge in [0.1, 0.15) is 5.82 Å². The second kappa shape index (κ2) is 12.1. The quantitative estimate of drug-likeness (QED) is 0.323. The lowest BCUT2D eigenvalue weighted by atomic mass is 10.2. The van der Waals surface area contributed by atoms with Crippen LogP contribution in [0.1, 0.15) is 6.42 Å². The van der Waals surface area contributed by atoms with Crippen molar-refractivity contribution in [2.24, 2.45) is 4.99 Å². The van der Waals surface area contributed by atoms with Gasteiger partial charge in [-0.05, 0) is 24.6 Å². The molecule has 0 aliphatic heterocycles. The number of nitrogens with zero attached hydrogens (tertiary/aromatic N) is 2. The Balaban J connectivity index is 1.59. The molecule has 7 nitrogen and oxygen atoms in total. The van der Waals surface area contributed by atoms with Gasteiger partial charge in [-0.1, -0.05) is 18.2 Å². The predicted octanol–water partition coefficient (Wildman–Crippen LogP) is 1.86. The van der Waals surface area contributed by atoms with Crippen molar-refractivity contribution in [1.82, 2.24) is 15.6 Å². The van der Waals surface area contributed by atoms with Crippen molar-refractivity contribution in [3.8, 4) is 0 Å². The van der Waals surface area contributed by atoms with E-state index in [1.807, 2.05) is 24.3 Å². The van der Waals surface area contributed by atoms with Gasteiger partial charge in [0.15, 0.2) is 5.96 Å². The van der Waals surface area contributed by atoms with Crippen molar-refractivity contribution in [2.75, 3.05) is 58.9 Å². The summed E-state index contributed by atoms with van der Waals surface area (Å²) in [5, 5.41) is 11.0. The van der Waals surface area contributed by atoms with Crippen molar-refractivity contribution in [3.63, 3.8) is 0 Å². The summed E-state index contributed by atoms with van der Waals surface area (Å²) in [4.78, 5) is 8.81. The number of benzene rings is 1. The third kappa shape index (κ3) is 7.25. The van der Waals surface area contributed by atoms with E-state index < -0.39 is 0 Å². The summed E-state index contributed by atoms with van der Waals surface area (Å²) in [6.45, 7) is 4.30. The smallest absolute Gasteiger partial charge is 0.191 e. The second-order valence-electron chi connectivity index (χ2n) is 5.70. The van der Waals surface area contributed by atoms with E-state index in [9.17, 15) is 0 Å². The molecule has 2 rings (SSSR count). The van der Waals surface area contributed by atoms with Crippen LogP contribution < -0.4 is 16.0 Å². The first kappa shape index (κ1) is 19.9. The summed E-state index contributed by atoms with van der Waals surface area (Å²) >= 11 is 0. The van der Waals surface area contributed by atoms with Crippen LogP contribution in [0.3, 0.4) is 0 Å². The molecule has 0 unspecified atom stereocenters. The number of anilines is 1. The van der Waals surface area contributed by atoms with Crippen LogP contribution in [0.25, 0.3) is 10.9 Å². The highest BCUT2D eigenvalue weighted by Crippen LogP contribution is 2.13. The lowest BCUT2D eigenvalue weighted by molar-refractivity contribution is 0.0698. The van der Waals surface area contributed by atoms with Gasteiger partial charge >= 0.3 is 0 Å². The minimum absolute atomic E-state index is 0.635. The Labute approximate surface area is 155 Å². The predicted molar refractivity (Wildman–Crippen MR) is 107 cm³/mol. The molecule has 0 aliphatic carbocycles. The number of aromatic nitrogens is 1. The zero-order valence-corrected chi connectivity index (χ0v) is 15.6. The zero-order chi connectivity index (χ0) is 18.5. The van der Waals surface area contributed by atoms with Crippen molar-refractivity contribution in [3.05, 3.63) is 36.4 Å². The molecule has 26 heavy (non-hydrogen) atoms. The number of methoxy groups -OCH3 is 1. The minimum atomic E-state index is 0.635. The molecular formula is C19H29N5O2. The van der Waals surface area contributed by atoms with E-state index >= 15 is 0 Å². The molecule has 0 aliphatic rings. The van der Waals surface area contributed by atoms with Crippen LogP contribution in [0, 0.1) is 0 Å². The van der Waals surface area contributed by atoms with Gasteiger partial charge in [-0.3, -0.25) is 4.99 Å². The Morgan fingerprint density at radius 2 is 1.85 bits per heavy atom. The fourth-order valence-electron chi connectivity index (χ4n) is 2.38. The van der Waals surface area contributed by atoms with Gasteiger partial charge in [-0.25, -0.2) is 4.98 Å². The number of ether oxygens (including phenoxy) is 2. The van der Waals surface area contributed by atoms with Gasteiger partial charge < -0.3 is 25.4 Å². The molecule has 0 atom stereocenters. The molecule has 1 aromatic carbocycles. The van der Waals surface area contributed by atoms with Crippen LogP contribution in [-0.2, 0) is 9.47 Å². The first-order valence-electron chi connectivity index (χ1n) is 8.94. The lowest BCUT2D eigenvalue weighted by Gasteiger charge is -2.12. The minimum Gasteiger partial charge on any atom is -0.382 e. The summed E-state index contributed by atoms with van der Waals surface area (Å²) in [5.41, 5.74) is 0.996. The van der Waals surface area contributed by atoms with Gasteiger partial charge in [0.25, 0.3) is 0 Å². The van der Waals surface area contributed by atoms with Gasteiger partial charge in [-0.2, -0.15) is 0 Å². The summed E-state index contributed by atoms with van der Waals surface area (Å²) in [5.74, 6) is 1.66. The number of guanidine groups is 1. The van der Waals surface area contributed by atoms with Gasteiger partial charge in [0.05, 0.1) is 18.7 Å². The fraction of sp³-hybridized carbons (Fsp3) is 0.474. The average Bonchev–Trinajstić information content (AvgIpc) is 2.68. The molecule has 2 aromatic rings. The normalized spacial score (nSPS) is 11.5. The molecule has 0 bridgehead atoms. The monoisotopic (exact) mass is 359 g/mol. The van der Waals surface area contributed by atoms with E-state index in [-0.39, 0.29) is 0 Å². The van der Waals surface area contributed by atoms with E-state index in [2.05, 4.69) is 38.1 Å². The SMILES string of the molecule is CN=C(NCCCOCCOC)NCCNc1ccc2ccccc2n1. The van der Waals surface area contributed by atoms with Crippen LogP contribution in [0.5, 0.6) is 0 Å². The molecule has 1 heterocycles. The molecule has 0 saturated heterocycles. The Kier molecular flexibility index (Phi) is 9.24. The van der Waals surface area contributed by atoms with Crippen LogP contribution in [0.4, 0.5) is 5.82 Å². The maximum absolute atomic E-state index is 5.43. The van der Waals surface area contributed by atoms with Crippen LogP contribution in [0.15, 0.2) is 41.4 Å². The molecule has 0 amide bonds. The van der Waals surface area contributed by atoms with E-state index in [0.29, 0.717) is 19.8 Å². The number of pyridine rings is 1. The largest absolute Gasteiger partial charge is 0.382 e. The molecule has 0 saturated carbocycles. The van der Waals surface area contributed by atoms with E-state index in [1.165, 1.54) is 0 Å². The highest BCUT2D eigenvalue weighted by molar-refractivity contribution is 5.80. The summed E-state index contributed by atoms with van der Waals surface area (Å²) in [6, 6.07) is 12.2. The highest BCUT2D eigenvalue weighted by Gasteiger charge is 1.99. The van der Waals surface area contributed by atoms with Crippen LogP contribution >= 0.6 is 0 Å². The average molecular weight is 359 g/mol. The first-order valence-corrected chi connectivity index (χ1v) is 8.94. The van der Waals surface area contributed by atoms with Crippen LogP contribution in [0.2, 0.25) is 0 Å². The zero-order valence-electron chi connectivity index (χ0n) is 15.6. The molecular weight excluding hydrogens is 330 g/mol. The third-order valence-corrected chi connectivity index (χ3v) is 3.74. The number of aliphatic imine (C=N–C) groups is 1. The summed E-state index contributed by atoms with van der Waals surface area (Å²) in [7, 11) is 3.44. The van der Waals surface area contributed by atoms with Crippen molar-refractivity contribution < 1.29 is 9.47 Å². The first-order chi connectivity index (χ1) is 12.8. The summed E-state index contributed by atoms with van der Waals surface area (Å²) < 4.78 is 10.4. The molecule has 3 N–H and O–H groups in total. The van der Waals surface area contributed by atoms with Crippen molar-refractivity contribution in [1.29, 1.82) is 0 Å². The third-order valence-electron chi connectivity index (χ3n) is 3.74. The maximum Gasteiger partial charge on any atom is 0.191 e. The molecule has 0 spiro atoms. The molecule has 7 heteroatoms. The fourth-order valence-corrected chi connectivity index (χ4v) is 2.38. The van der Waals surface area contributed by atoms with Gasteiger partial charge in [-0.15, -0.1) is 0 Å². The molecule has 142 valence electrons. The lowest BCUT2D eigenvalue weighted by Crippen LogP contribution is -2.40.